The van der Waals surface area contributed by atoms with E-state index in [1.165, 1.54) is 12.1 Å². The third-order valence-corrected chi connectivity index (χ3v) is 4.44. The normalized spacial score (nSPS) is 10.6. The number of halogens is 1. The van der Waals surface area contributed by atoms with Crippen molar-refractivity contribution < 1.29 is 23.2 Å². The SMILES string of the molecule is Cc1cccc(NC(=O)COc2ccccc2-c2noc(COc3ccccc3F)n2)c1. The van der Waals surface area contributed by atoms with Crippen LogP contribution in [-0.4, -0.2) is 22.7 Å². The monoisotopic (exact) mass is 433 g/mol. The van der Waals surface area contributed by atoms with Crippen molar-refractivity contribution in [3.8, 4) is 22.9 Å². The first-order valence-electron chi connectivity index (χ1n) is 9.87. The number of carbonyl (C=O) groups excluding carboxylic acids is 1. The average molecular weight is 433 g/mol. The van der Waals surface area contributed by atoms with Crippen molar-refractivity contribution in [2.75, 3.05) is 11.9 Å². The van der Waals surface area contributed by atoms with Crippen molar-refractivity contribution in [1.29, 1.82) is 0 Å². The number of amides is 1. The minimum absolute atomic E-state index is 0.0874. The van der Waals surface area contributed by atoms with Crippen molar-refractivity contribution in [1.82, 2.24) is 10.1 Å². The lowest BCUT2D eigenvalue weighted by Gasteiger charge is -2.10. The molecule has 1 N–H and O–H groups in total. The van der Waals surface area contributed by atoms with Gasteiger partial charge in [0.05, 0.1) is 5.56 Å². The Morgan fingerprint density at radius 3 is 2.59 bits per heavy atom. The second kappa shape index (κ2) is 9.74. The van der Waals surface area contributed by atoms with E-state index in [1.807, 2.05) is 31.2 Å². The number of hydrogen-bond acceptors (Lipinski definition) is 6. The Kier molecular flexibility index (Phi) is 6.41. The Bertz CT molecular complexity index is 1230. The van der Waals surface area contributed by atoms with Crippen LogP contribution in [0.3, 0.4) is 0 Å². The molecule has 0 aliphatic heterocycles. The first kappa shape index (κ1) is 21.0. The van der Waals surface area contributed by atoms with Gasteiger partial charge < -0.3 is 19.3 Å². The molecule has 1 aromatic heterocycles. The fraction of sp³-hybridized carbons (Fsp3) is 0.125. The lowest BCUT2D eigenvalue weighted by Crippen LogP contribution is -2.20. The Hall–Kier alpha value is -4.20. The van der Waals surface area contributed by atoms with Crippen molar-refractivity contribution in [3.05, 3.63) is 90.1 Å². The van der Waals surface area contributed by atoms with Gasteiger partial charge in [0.2, 0.25) is 5.82 Å². The molecule has 0 radical (unpaired) electrons. The highest BCUT2D eigenvalue weighted by Gasteiger charge is 2.15. The molecular formula is C24H20FN3O4. The summed E-state index contributed by atoms with van der Waals surface area (Å²) in [6.07, 6.45) is 0. The summed E-state index contributed by atoms with van der Waals surface area (Å²) in [5.41, 5.74) is 2.29. The van der Waals surface area contributed by atoms with Gasteiger partial charge in [0.15, 0.2) is 24.8 Å². The Morgan fingerprint density at radius 2 is 1.78 bits per heavy atom. The molecular weight excluding hydrogens is 413 g/mol. The van der Waals surface area contributed by atoms with Gasteiger partial charge in [-0.05, 0) is 48.9 Å². The number of benzene rings is 3. The minimum atomic E-state index is -0.477. The van der Waals surface area contributed by atoms with Gasteiger partial charge in [-0.15, -0.1) is 0 Å². The second-order valence-electron chi connectivity index (χ2n) is 6.93. The van der Waals surface area contributed by atoms with E-state index in [-0.39, 0.29) is 36.6 Å². The topological polar surface area (TPSA) is 86.5 Å². The molecule has 0 bridgehead atoms. The van der Waals surface area contributed by atoms with Crippen molar-refractivity contribution in [2.45, 2.75) is 13.5 Å². The zero-order valence-corrected chi connectivity index (χ0v) is 17.2. The van der Waals surface area contributed by atoms with Crippen LogP contribution in [0.5, 0.6) is 11.5 Å². The highest BCUT2D eigenvalue weighted by Crippen LogP contribution is 2.28. The average Bonchev–Trinajstić information content (AvgIpc) is 3.26. The quantitative estimate of drug-likeness (QED) is 0.430. The van der Waals surface area contributed by atoms with Gasteiger partial charge in [0.25, 0.3) is 11.8 Å². The van der Waals surface area contributed by atoms with Gasteiger partial charge in [-0.1, -0.05) is 41.6 Å². The van der Waals surface area contributed by atoms with Crippen LogP contribution < -0.4 is 14.8 Å². The molecule has 0 spiro atoms. The summed E-state index contributed by atoms with van der Waals surface area (Å²) < 4.78 is 30.0. The van der Waals surface area contributed by atoms with Crippen LogP contribution in [-0.2, 0) is 11.4 Å². The molecule has 0 saturated carbocycles. The van der Waals surface area contributed by atoms with Crippen LogP contribution in [0.1, 0.15) is 11.5 Å². The van der Waals surface area contributed by atoms with Gasteiger partial charge in [-0.25, -0.2) is 4.39 Å². The largest absolute Gasteiger partial charge is 0.483 e. The highest BCUT2D eigenvalue weighted by molar-refractivity contribution is 5.92. The van der Waals surface area contributed by atoms with Crippen LogP contribution >= 0.6 is 0 Å². The Labute approximate surface area is 183 Å². The van der Waals surface area contributed by atoms with E-state index in [9.17, 15) is 9.18 Å². The summed E-state index contributed by atoms with van der Waals surface area (Å²) >= 11 is 0. The Morgan fingerprint density at radius 1 is 1.00 bits per heavy atom. The Balaban J connectivity index is 1.40. The molecule has 3 aromatic carbocycles. The molecule has 0 unspecified atom stereocenters. The number of ether oxygens (including phenoxy) is 2. The lowest BCUT2D eigenvalue weighted by molar-refractivity contribution is -0.118. The fourth-order valence-corrected chi connectivity index (χ4v) is 2.96. The van der Waals surface area contributed by atoms with E-state index in [1.54, 1.807) is 36.4 Å². The molecule has 32 heavy (non-hydrogen) atoms. The molecule has 4 aromatic rings. The molecule has 1 heterocycles. The number of hydrogen-bond donors (Lipinski definition) is 1. The van der Waals surface area contributed by atoms with Gasteiger partial charge in [-0.3, -0.25) is 4.79 Å². The van der Waals surface area contributed by atoms with Gasteiger partial charge in [0.1, 0.15) is 5.75 Å². The molecule has 1 amide bonds. The molecule has 0 saturated heterocycles. The maximum atomic E-state index is 13.7. The van der Waals surface area contributed by atoms with E-state index in [4.69, 9.17) is 14.0 Å². The molecule has 0 aliphatic carbocycles. The predicted molar refractivity (Wildman–Crippen MR) is 116 cm³/mol. The van der Waals surface area contributed by atoms with Gasteiger partial charge >= 0.3 is 0 Å². The number of nitrogens with zero attached hydrogens (tertiary/aromatic N) is 2. The van der Waals surface area contributed by atoms with Crippen LogP contribution in [0.15, 0.2) is 77.3 Å². The third-order valence-electron chi connectivity index (χ3n) is 4.44. The van der Waals surface area contributed by atoms with Crippen LogP contribution in [0.25, 0.3) is 11.4 Å². The zero-order chi connectivity index (χ0) is 22.3. The highest BCUT2D eigenvalue weighted by atomic mass is 19.1. The predicted octanol–water partition coefficient (Wildman–Crippen LogP) is 4.78. The summed E-state index contributed by atoms with van der Waals surface area (Å²) in [7, 11) is 0. The van der Waals surface area contributed by atoms with Crippen molar-refractivity contribution in [2.24, 2.45) is 0 Å². The summed E-state index contributed by atoms with van der Waals surface area (Å²) in [6.45, 7) is 1.67. The van der Waals surface area contributed by atoms with E-state index in [2.05, 4.69) is 15.5 Å². The maximum absolute atomic E-state index is 13.7. The van der Waals surface area contributed by atoms with Gasteiger partial charge in [0, 0.05) is 5.69 Å². The first-order chi connectivity index (χ1) is 15.6. The summed E-state index contributed by atoms with van der Waals surface area (Å²) in [6, 6.07) is 20.6. The fourth-order valence-electron chi connectivity index (χ4n) is 2.96. The number of para-hydroxylation sites is 2. The number of aromatic nitrogens is 2. The zero-order valence-electron chi connectivity index (χ0n) is 17.2. The van der Waals surface area contributed by atoms with Crippen molar-refractivity contribution >= 4 is 11.6 Å². The summed E-state index contributed by atoms with van der Waals surface area (Å²) in [5, 5.41) is 6.74. The standard InChI is InChI=1S/C24H20FN3O4/c1-16-7-6-8-17(13-16)26-22(29)14-30-20-11-4-2-9-18(20)24-27-23(32-28-24)15-31-21-12-5-3-10-19(21)25/h2-13H,14-15H2,1H3,(H,26,29). The number of aryl methyl sites for hydroxylation is 1. The van der Waals surface area contributed by atoms with Gasteiger partial charge in [-0.2, -0.15) is 4.98 Å². The summed E-state index contributed by atoms with van der Waals surface area (Å²) in [5.74, 6) is 0.194. The minimum Gasteiger partial charge on any atom is -0.483 e. The molecule has 8 heteroatoms. The number of anilines is 1. The lowest BCUT2D eigenvalue weighted by atomic mass is 10.2. The summed E-state index contributed by atoms with van der Waals surface area (Å²) in [4.78, 5) is 16.5. The van der Waals surface area contributed by atoms with E-state index in [0.29, 0.717) is 17.0 Å². The molecule has 0 aliphatic rings. The molecule has 0 atom stereocenters. The second-order valence-corrected chi connectivity index (χ2v) is 6.93. The third kappa shape index (κ3) is 5.28. The molecule has 7 nitrogen and oxygen atoms in total. The van der Waals surface area contributed by atoms with Crippen LogP contribution in [0.4, 0.5) is 10.1 Å². The first-order valence-corrected chi connectivity index (χ1v) is 9.87. The molecule has 4 rings (SSSR count). The number of rotatable bonds is 8. The van der Waals surface area contributed by atoms with Crippen molar-refractivity contribution in [3.63, 3.8) is 0 Å². The smallest absolute Gasteiger partial charge is 0.264 e. The van der Waals surface area contributed by atoms with E-state index < -0.39 is 5.82 Å². The van der Waals surface area contributed by atoms with Crippen LogP contribution in [0, 0.1) is 12.7 Å². The van der Waals surface area contributed by atoms with E-state index in [0.717, 1.165) is 5.56 Å². The molecule has 0 fully saturated rings. The maximum Gasteiger partial charge on any atom is 0.264 e. The number of nitrogens with one attached hydrogen (secondary N) is 1. The van der Waals surface area contributed by atoms with Crippen LogP contribution in [0.2, 0.25) is 0 Å². The van der Waals surface area contributed by atoms with E-state index >= 15 is 0 Å². The number of carbonyl (C=O) groups is 1. The molecule has 162 valence electrons.